The summed E-state index contributed by atoms with van der Waals surface area (Å²) in [7, 11) is 0. The zero-order chi connectivity index (χ0) is 11.3. The van der Waals surface area contributed by atoms with Crippen LogP contribution in [0.5, 0.6) is 0 Å². The molecule has 1 aromatic heterocycles. The Labute approximate surface area is 97.1 Å². The summed E-state index contributed by atoms with van der Waals surface area (Å²) in [5, 5.41) is 6.92. The fraction of sp³-hybridized carbons (Fsp3) is 0.750. The molecule has 3 heteroatoms. The molecule has 0 saturated carbocycles. The van der Waals surface area contributed by atoms with Crippen LogP contribution in [0.1, 0.15) is 50.4 Å². The van der Waals surface area contributed by atoms with E-state index < -0.39 is 0 Å². The summed E-state index contributed by atoms with van der Waals surface area (Å²) < 4.78 is 0. The van der Waals surface area contributed by atoms with Gasteiger partial charge >= 0.3 is 0 Å². The number of aryl methyl sites for hydroxylation is 1. The smallest absolute Gasteiger partial charge is 0.0898 e. The van der Waals surface area contributed by atoms with Gasteiger partial charge in [0.25, 0.3) is 0 Å². The van der Waals surface area contributed by atoms with E-state index in [-0.39, 0.29) is 0 Å². The maximum atomic E-state index is 4.57. The van der Waals surface area contributed by atoms with E-state index in [2.05, 4.69) is 43.4 Å². The molecule has 0 fully saturated rings. The van der Waals surface area contributed by atoms with Crippen LogP contribution in [0.4, 0.5) is 0 Å². The zero-order valence-electron chi connectivity index (χ0n) is 10.2. The molecule has 0 aliphatic carbocycles. The van der Waals surface area contributed by atoms with Gasteiger partial charge in [-0.1, -0.05) is 20.8 Å². The van der Waals surface area contributed by atoms with Crippen molar-refractivity contribution in [3.8, 4) is 0 Å². The Bertz CT molecular complexity index is 281. The van der Waals surface area contributed by atoms with Gasteiger partial charge in [0.1, 0.15) is 0 Å². The van der Waals surface area contributed by atoms with E-state index in [9.17, 15) is 0 Å². The van der Waals surface area contributed by atoms with Crippen molar-refractivity contribution in [3.05, 3.63) is 16.1 Å². The van der Waals surface area contributed by atoms with Gasteiger partial charge in [-0.15, -0.1) is 11.3 Å². The van der Waals surface area contributed by atoms with E-state index in [1.807, 2.05) is 0 Å². The lowest BCUT2D eigenvalue weighted by Crippen LogP contribution is -2.23. The molecule has 1 aromatic rings. The molecule has 86 valence electrons. The highest BCUT2D eigenvalue weighted by Gasteiger charge is 2.14. The molecular weight excluding hydrogens is 204 g/mol. The normalized spacial score (nSPS) is 13.4. The molecule has 15 heavy (non-hydrogen) atoms. The van der Waals surface area contributed by atoms with Crippen LogP contribution in [0.15, 0.2) is 5.38 Å². The molecule has 0 amide bonds. The molecule has 0 bridgehead atoms. The summed E-state index contributed by atoms with van der Waals surface area (Å²) in [4.78, 5) is 4.57. The second-order valence-corrected chi connectivity index (χ2v) is 5.49. The van der Waals surface area contributed by atoms with Gasteiger partial charge in [0.05, 0.1) is 16.7 Å². The number of rotatable bonds is 6. The third-order valence-corrected chi connectivity index (χ3v) is 3.13. The van der Waals surface area contributed by atoms with Crippen molar-refractivity contribution in [1.29, 1.82) is 0 Å². The highest BCUT2D eigenvalue weighted by Crippen LogP contribution is 2.22. The predicted octanol–water partition coefficient (Wildman–Crippen LogP) is 3.54. The topological polar surface area (TPSA) is 24.9 Å². The van der Waals surface area contributed by atoms with Crippen molar-refractivity contribution in [1.82, 2.24) is 10.3 Å². The van der Waals surface area contributed by atoms with Gasteiger partial charge in [-0.3, -0.25) is 0 Å². The number of aromatic nitrogens is 1. The zero-order valence-corrected chi connectivity index (χ0v) is 11.0. The maximum absolute atomic E-state index is 4.57. The van der Waals surface area contributed by atoms with Gasteiger partial charge in [-0.25, -0.2) is 4.98 Å². The van der Waals surface area contributed by atoms with Crippen LogP contribution >= 0.6 is 11.3 Å². The minimum absolute atomic E-state index is 0.440. The van der Waals surface area contributed by atoms with Gasteiger partial charge in [0.15, 0.2) is 0 Å². The molecule has 2 nitrogen and oxygen atoms in total. The van der Waals surface area contributed by atoms with Crippen LogP contribution in [0.2, 0.25) is 0 Å². The molecule has 0 aliphatic heterocycles. The summed E-state index contributed by atoms with van der Waals surface area (Å²) in [5.74, 6) is 0.710. The molecule has 1 heterocycles. The van der Waals surface area contributed by atoms with Crippen molar-refractivity contribution in [2.45, 2.75) is 46.6 Å². The van der Waals surface area contributed by atoms with E-state index in [1.165, 1.54) is 18.5 Å². The molecule has 0 radical (unpaired) electrons. The third-order valence-electron chi connectivity index (χ3n) is 2.34. The number of thiazole rings is 1. The number of hydrogen-bond acceptors (Lipinski definition) is 3. The van der Waals surface area contributed by atoms with Gasteiger partial charge < -0.3 is 5.32 Å². The number of hydrogen-bond donors (Lipinski definition) is 1. The molecule has 0 spiro atoms. The molecule has 0 aliphatic rings. The Morgan fingerprint density at radius 1 is 1.47 bits per heavy atom. The Morgan fingerprint density at radius 3 is 2.67 bits per heavy atom. The van der Waals surface area contributed by atoms with Crippen LogP contribution < -0.4 is 5.32 Å². The average molecular weight is 226 g/mol. The summed E-state index contributed by atoms with van der Waals surface area (Å²) in [6.07, 6.45) is 2.35. The first-order chi connectivity index (χ1) is 7.13. The monoisotopic (exact) mass is 226 g/mol. The van der Waals surface area contributed by atoms with Crippen molar-refractivity contribution in [3.63, 3.8) is 0 Å². The molecule has 1 atom stereocenters. The summed E-state index contributed by atoms with van der Waals surface area (Å²) >= 11 is 1.74. The van der Waals surface area contributed by atoms with Gasteiger partial charge in [-0.2, -0.15) is 0 Å². The molecule has 1 rings (SSSR count). The van der Waals surface area contributed by atoms with Crippen LogP contribution in [0.3, 0.4) is 0 Å². The Balaban J connectivity index is 2.62. The first kappa shape index (κ1) is 12.7. The molecule has 1 N–H and O–H groups in total. The van der Waals surface area contributed by atoms with Crippen molar-refractivity contribution < 1.29 is 0 Å². The maximum Gasteiger partial charge on any atom is 0.0898 e. The van der Waals surface area contributed by atoms with E-state index in [0.29, 0.717) is 12.0 Å². The van der Waals surface area contributed by atoms with Crippen molar-refractivity contribution in [2.24, 2.45) is 5.92 Å². The summed E-state index contributed by atoms with van der Waals surface area (Å²) in [6.45, 7) is 9.87. The van der Waals surface area contributed by atoms with Gasteiger partial charge in [-0.05, 0) is 32.2 Å². The lowest BCUT2D eigenvalue weighted by atomic mass is 10.0. The van der Waals surface area contributed by atoms with Crippen molar-refractivity contribution >= 4 is 11.3 Å². The second kappa shape index (κ2) is 6.23. The van der Waals surface area contributed by atoms with E-state index in [0.717, 1.165) is 11.6 Å². The van der Waals surface area contributed by atoms with E-state index in [1.54, 1.807) is 11.3 Å². The highest BCUT2D eigenvalue weighted by atomic mass is 32.1. The van der Waals surface area contributed by atoms with Crippen LogP contribution in [-0.2, 0) is 0 Å². The minimum Gasteiger partial charge on any atom is -0.309 e. The molecule has 1 unspecified atom stereocenters. The Kier molecular flexibility index (Phi) is 5.26. The van der Waals surface area contributed by atoms with Crippen molar-refractivity contribution in [2.75, 3.05) is 6.54 Å². The van der Waals surface area contributed by atoms with E-state index in [4.69, 9.17) is 0 Å². The van der Waals surface area contributed by atoms with Gasteiger partial charge in [0.2, 0.25) is 0 Å². The highest BCUT2D eigenvalue weighted by molar-refractivity contribution is 7.09. The first-order valence-electron chi connectivity index (χ1n) is 5.78. The van der Waals surface area contributed by atoms with Crippen LogP contribution in [-0.4, -0.2) is 11.5 Å². The largest absolute Gasteiger partial charge is 0.309 e. The summed E-state index contributed by atoms with van der Waals surface area (Å²) in [5.41, 5.74) is 1.22. The lowest BCUT2D eigenvalue weighted by Gasteiger charge is -2.18. The Hall–Kier alpha value is -0.410. The molecule has 0 saturated heterocycles. The average Bonchev–Trinajstić information content (AvgIpc) is 2.58. The third kappa shape index (κ3) is 4.31. The molecular formula is C12H22N2S. The van der Waals surface area contributed by atoms with Crippen LogP contribution in [0, 0.1) is 12.8 Å². The SMILES string of the molecule is CCCNC(CC(C)C)c1csc(C)n1. The Morgan fingerprint density at radius 2 is 2.20 bits per heavy atom. The molecule has 0 aromatic carbocycles. The minimum atomic E-state index is 0.440. The van der Waals surface area contributed by atoms with E-state index >= 15 is 0 Å². The number of nitrogens with zero attached hydrogens (tertiary/aromatic N) is 1. The first-order valence-corrected chi connectivity index (χ1v) is 6.66. The fourth-order valence-electron chi connectivity index (χ4n) is 1.64. The quantitative estimate of drug-likeness (QED) is 0.802. The standard InChI is InChI=1S/C12H22N2S/c1-5-6-13-11(7-9(2)3)12-8-15-10(4)14-12/h8-9,11,13H,5-7H2,1-4H3. The van der Waals surface area contributed by atoms with Gasteiger partial charge in [0, 0.05) is 5.38 Å². The fourth-order valence-corrected chi connectivity index (χ4v) is 2.31. The second-order valence-electron chi connectivity index (χ2n) is 4.43. The number of nitrogens with one attached hydrogen (secondary N) is 1. The summed E-state index contributed by atoms with van der Waals surface area (Å²) in [6, 6.07) is 0.440. The van der Waals surface area contributed by atoms with Crippen LogP contribution in [0.25, 0.3) is 0 Å². The predicted molar refractivity (Wildman–Crippen MR) is 67.3 cm³/mol. The lowest BCUT2D eigenvalue weighted by molar-refractivity contribution is 0.424.